The van der Waals surface area contributed by atoms with Gasteiger partial charge in [-0.1, -0.05) is 13.8 Å². The molecule has 106 valence electrons. The van der Waals surface area contributed by atoms with Gasteiger partial charge in [-0.2, -0.15) is 0 Å². The second kappa shape index (κ2) is 6.85. The zero-order valence-electron chi connectivity index (χ0n) is 12.1. The van der Waals surface area contributed by atoms with Crippen LogP contribution in [0.15, 0.2) is 0 Å². The first-order chi connectivity index (χ1) is 8.27. The Hall–Kier alpha value is -0.940. The molecule has 1 atom stereocenters. The van der Waals surface area contributed by atoms with Crippen molar-refractivity contribution in [1.82, 2.24) is 10.2 Å². The van der Waals surface area contributed by atoms with Crippen LogP contribution in [-0.2, 0) is 9.59 Å². The van der Waals surface area contributed by atoms with Gasteiger partial charge in [0.2, 0.25) is 5.91 Å². The molecular formula is C13H26N2O3. The molecule has 0 saturated heterocycles. The van der Waals surface area contributed by atoms with Gasteiger partial charge in [-0.05, 0) is 25.8 Å². The largest absolute Gasteiger partial charge is 0.395 e. The number of amides is 1. The maximum atomic E-state index is 12.2. The van der Waals surface area contributed by atoms with E-state index in [2.05, 4.69) is 5.32 Å². The van der Waals surface area contributed by atoms with E-state index < -0.39 is 5.54 Å². The normalized spacial score (nSPS) is 15.3. The highest BCUT2D eigenvalue weighted by atomic mass is 16.3. The Kier molecular flexibility index (Phi) is 6.49. The molecule has 0 aliphatic rings. The van der Waals surface area contributed by atoms with Crippen molar-refractivity contribution in [1.29, 1.82) is 0 Å². The molecule has 1 unspecified atom stereocenters. The summed E-state index contributed by atoms with van der Waals surface area (Å²) in [5.74, 6) is -0.102. The Labute approximate surface area is 110 Å². The Morgan fingerprint density at radius 2 is 1.94 bits per heavy atom. The van der Waals surface area contributed by atoms with E-state index in [1.54, 1.807) is 7.05 Å². The number of aliphatic hydroxyl groups excluding tert-OH is 1. The lowest BCUT2D eigenvalue weighted by atomic mass is 9.69. The summed E-state index contributed by atoms with van der Waals surface area (Å²) in [7, 11) is 3.41. The molecule has 5 nitrogen and oxygen atoms in total. The van der Waals surface area contributed by atoms with E-state index in [1.165, 1.54) is 0 Å². The molecule has 1 amide bonds. The van der Waals surface area contributed by atoms with E-state index in [4.69, 9.17) is 5.11 Å². The van der Waals surface area contributed by atoms with Crippen molar-refractivity contribution in [2.24, 2.45) is 5.41 Å². The number of nitrogens with one attached hydrogen (secondary N) is 1. The molecule has 0 fully saturated rings. The van der Waals surface area contributed by atoms with Crippen LogP contribution >= 0.6 is 0 Å². The summed E-state index contributed by atoms with van der Waals surface area (Å²) in [4.78, 5) is 24.6. The molecule has 2 N–H and O–H groups in total. The van der Waals surface area contributed by atoms with Gasteiger partial charge in [-0.3, -0.25) is 9.69 Å². The number of nitrogens with zero attached hydrogens (tertiary/aromatic N) is 1. The first-order valence-corrected chi connectivity index (χ1v) is 6.25. The lowest BCUT2D eigenvalue weighted by Crippen LogP contribution is -2.63. The molecule has 0 aliphatic heterocycles. The highest BCUT2D eigenvalue weighted by Gasteiger charge is 2.49. The molecule has 18 heavy (non-hydrogen) atoms. The third-order valence-electron chi connectivity index (χ3n) is 4.07. The van der Waals surface area contributed by atoms with E-state index in [0.717, 1.165) is 6.29 Å². The molecule has 0 bridgehead atoms. The number of carbonyl (C=O) groups is 2. The van der Waals surface area contributed by atoms with Gasteiger partial charge in [0.15, 0.2) is 0 Å². The molecule has 0 saturated carbocycles. The molecular weight excluding hydrogens is 232 g/mol. The van der Waals surface area contributed by atoms with Crippen molar-refractivity contribution in [2.45, 2.75) is 39.2 Å². The number of β-amino-alcohol motifs (C(OH)–C–C–N with tert-alkyl or cyclic N) is 1. The predicted molar refractivity (Wildman–Crippen MR) is 71.3 cm³/mol. The maximum absolute atomic E-state index is 12.2. The first-order valence-electron chi connectivity index (χ1n) is 6.25. The second-order valence-corrected chi connectivity index (χ2v) is 5.39. The van der Waals surface area contributed by atoms with Gasteiger partial charge in [-0.15, -0.1) is 0 Å². The number of hydrogen-bond donors (Lipinski definition) is 2. The molecule has 5 heteroatoms. The van der Waals surface area contributed by atoms with Crippen LogP contribution in [0.25, 0.3) is 0 Å². The minimum atomic E-state index is -0.770. The fourth-order valence-electron chi connectivity index (χ4n) is 2.28. The van der Waals surface area contributed by atoms with E-state index in [9.17, 15) is 9.59 Å². The Morgan fingerprint density at radius 1 is 1.39 bits per heavy atom. The topological polar surface area (TPSA) is 69.6 Å². The quantitative estimate of drug-likeness (QED) is 0.619. The Bertz CT molecular complexity index is 292. The first kappa shape index (κ1) is 17.1. The van der Waals surface area contributed by atoms with Gasteiger partial charge in [0.05, 0.1) is 6.61 Å². The van der Waals surface area contributed by atoms with Crippen molar-refractivity contribution in [2.75, 3.05) is 27.2 Å². The summed E-state index contributed by atoms with van der Waals surface area (Å²) in [6.45, 7) is 6.20. The zero-order chi connectivity index (χ0) is 14.4. The summed E-state index contributed by atoms with van der Waals surface area (Å²) in [5.41, 5.74) is -1.15. The summed E-state index contributed by atoms with van der Waals surface area (Å²) < 4.78 is 0. The number of hydrogen-bond acceptors (Lipinski definition) is 4. The minimum Gasteiger partial charge on any atom is -0.395 e. The molecule has 0 spiro atoms. The second-order valence-electron chi connectivity index (χ2n) is 5.39. The summed E-state index contributed by atoms with van der Waals surface area (Å²) >= 11 is 0. The molecule has 0 aromatic heterocycles. The van der Waals surface area contributed by atoms with Gasteiger partial charge in [-0.25, -0.2) is 0 Å². The third kappa shape index (κ3) is 3.29. The smallest absolute Gasteiger partial charge is 0.240 e. The van der Waals surface area contributed by atoms with Gasteiger partial charge in [0.1, 0.15) is 11.8 Å². The summed E-state index contributed by atoms with van der Waals surface area (Å²) in [5, 5.41) is 11.7. The third-order valence-corrected chi connectivity index (χ3v) is 4.07. The van der Waals surface area contributed by atoms with Crippen LogP contribution in [0.2, 0.25) is 0 Å². The van der Waals surface area contributed by atoms with Crippen molar-refractivity contribution in [3.05, 3.63) is 0 Å². The van der Waals surface area contributed by atoms with E-state index in [-0.39, 0.29) is 17.9 Å². The van der Waals surface area contributed by atoms with Gasteiger partial charge in [0, 0.05) is 20.0 Å². The van der Waals surface area contributed by atoms with Crippen molar-refractivity contribution in [3.63, 3.8) is 0 Å². The molecule has 0 heterocycles. The van der Waals surface area contributed by atoms with Crippen LogP contribution in [0.1, 0.15) is 33.6 Å². The molecule has 0 aromatic carbocycles. The fourth-order valence-corrected chi connectivity index (χ4v) is 2.28. The van der Waals surface area contributed by atoms with Gasteiger partial charge >= 0.3 is 0 Å². The fraction of sp³-hybridized carbons (Fsp3) is 0.846. The van der Waals surface area contributed by atoms with Crippen LogP contribution in [0.4, 0.5) is 0 Å². The Morgan fingerprint density at radius 3 is 2.33 bits per heavy atom. The zero-order valence-corrected chi connectivity index (χ0v) is 12.1. The number of aldehydes is 1. The van der Waals surface area contributed by atoms with Crippen molar-refractivity contribution in [3.8, 4) is 0 Å². The van der Waals surface area contributed by atoms with Crippen molar-refractivity contribution >= 4 is 12.2 Å². The Balaban J connectivity index is 5.30. The molecule has 0 rings (SSSR count). The van der Waals surface area contributed by atoms with E-state index >= 15 is 0 Å². The number of rotatable bonds is 8. The average Bonchev–Trinajstić information content (AvgIpc) is 2.34. The summed E-state index contributed by atoms with van der Waals surface area (Å²) in [6.07, 6.45) is 1.92. The van der Waals surface area contributed by atoms with Gasteiger partial charge in [0.25, 0.3) is 0 Å². The number of likely N-dealkylation sites (N-methyl/N-ethyl adjacent to an activating group) is 2. The van der Waals surface area contributed by atoms with Crippen molar-refractivity contribution < 1.29 is 14.7 Å². The molecule has 0 radical (unpaired) electrons. The number of aliphatic hydroxyl groups is 1. The van der Waals surface area contributed by atoms with Crippen LogP contribution in [-0.4, -0.2) is 55.0 Å². The van der Waals surface area contributed by atoms with Crippen LogP contribution in [0.5, 0.6) is 0 Å². The van der Waals surface area contributed by atoms with Crippen LogP contribution < -0.4 is 5.32 Å². The standard InChI is InChI=1S/C13H26N2O3/c1-12(2,7-6-9-16)13(3,11(18)14-4)15(5)8-10-17/h9,17H,6-8,10H2,1-5H3,(H,14,18). The predicted octanol–water partition coefficient (Wildman–Crippen LogP) is 0.420. The lowest BCUT2D eigenvalue weighted by molar-refractivity contribution is -0.140. The van der Waals surface area contributed by atoms with E-state index in [1.807, 2.05) is 32.7 Å². The monoisotopic (exact) mass is 258 g/mol. The molecule has 0 aliphatic carbocycles. The maximum Gasteiger partial charge on any atom is 0.240 e. The average molecular weight is 258 g/mol. The number of carbonyl (C=O) groups excluding carboxylic acids is 2. The highest BCUT2D eigenvalue weighted by molar-refractivity contribution is 5.86. The van der Waals surface area contributed by atoms with Gasteiger partial charge < -0.3 is 15.2 Å². The SMILES string of the molecule is CNC(=O)C(C)(N(C)CCO)C(C)(C)CCC=O. The summed E-state index contributed by atoms with van der Waals surface area (Å²) in [6, 6.07) is 0. The van der Waals surface area contributed by atoms with E-state index in [0.29, 0.717) is 19.4 Å². The van der Waals surface area contributed by atoms with Crippen LogP contribution in [0.3, 0.4) is 0 Å². The van der Waals surface area contributed by atoms with Crippen LogP contribution in [0, 0.1) is 5.41 Å². The molecule has 0 aromatic rings. The minimum absolute atomic E-state index is 0.00710. The lowest BCUT2D eigenvalue weighted by Gasteiger charge is -2.48. The highest BCUT2D eigenvalue weighted by Crippen LogP contribution is 2.39.